The molecular weight excluding hydrogens is 186 g/mol. The number of primary amides is 1. The molecular formula is C13H19NO. The predicted molar refractivity (Wildman–Crippen MR) is 63.2 cm³/mol. The largest absolute Gasteiger partial charge is 0.366 e. The number of aryl methyl sites for hydroxylation is 1. The van der Waals surface area contributed by atoms with Crippen LogP contribution in [0.5, 0.6) is 0 Å². The maximum Gasteiger partial charge on any atom is 0.248 e. The fourth-order valence-electron chi connectivity index (χ4n) is 2.16. The van der Waals surface area contributed by atoms with Gasteiger partial charge in [-0.3, -0.25) is 4.79 Å². The van der Waals surface area contributed by atoms with E-state index in [0.29, 0.717) is 11.5 Å². The summed E-state index contributed by atoms with van der Waals surface area (Å²) in [7, 11) is 0. The van der Waals surface area contributed by atoms with E-state index in [0.717, 1.165) is 12.0 Å². The van der Waals surface area contributed by atoms with Gasteiger partial charge in [-0.25, -0.2) is 0 Å². The third-order valence-electron chi connectivity index (χ3n) is 2.83. The number of rotatable bonds is 3. The van der Waals surface area contributed by atoms with Crippen molar-refractivity contribution in [1.82, 2.24) is 0 Å². The van der Waals surface area contributed by atoms with Crippen molar-refractivity contribution >= 4 is 5.91 Å². The Morgan fingerprint density at radius 2 is 2.00 bits per heavy atom. The van der Waals surface area contributed by atoms with Crippen molar-refractivity contribution in [3.8, 4) is 0 Å². The average Bonchev–Trinajstić information content (AvgIpc) is 2.15. The molecule has 1 amide bonds. The molecule has 0 saturated heterocycles. The van der Waals surface area contributed by atoms with Gasteiger partial charge in [0.2, 0.25) is 5.91 Å². The van der Waals surface area contributed by atoms with Crippen LogP contribution in [0, 0.1) is 6.92 Å². The van der Waals surface area contributed by atoms with Crippen LogP contribution in [-0.2, 0) is 6.42 Å². The maximum atomic E-state index is 11.2. The van der Waals surface area contributed by atoms with Crippen LogP contribution >= 0.6 is 0 Å². The van der Waals surface area contributed by atoms with E-state index in [9.17, 15) is 4.79 Å². The molecule has 82 valence electrons. The quantitative estimate of drug-likeness (QED) is 0.810. The molecule has 2 heteroatoms. The summed E-state index contributed by atoms with van der Waals surface area (Å²) < 4.78 is 0. The van der Waals surface area contributed by atoms with Crippen molar-refractivity contribution in [3.63, 3.8) is 0 Å². The molecule has 0 fully saturated rings. The second kappa shape index (κ2) is 4.47. The highest BCUT2D eigenvalue weighted by Crippen LogP contribution is 2.26. The standard InChI is InChI=1S/C13H19NO/c1-5-10-6-7-11(13(14)15)9(4)12(10)8(2)3/h6-8H,5H2,1-4H3,(H2,14,15). The molecule has 0 heterocycles. The fraction of sp³-hybridized carbons (Fsp3) is 0.462. The Labute approximate surface area is 91.5 Å². The molecule has 2 nitrogen and oxygen atoms in total. The minimum absolute atomic E-state index is 0.336. The molecule has 0 spiro atoms. The van der Waals surface area contributed by atoms with Gasteiger partial charge in [-0.2, -0.15) is 0 Å². The van der Waals surface area contributed by atoms with Gasteiger partial charge < -0.3 is 5.73 Å². The summed E-state index contributed by atoms with van der Waals surface area (Å²) in [5.41, 5.74) is 9.61. The van der Waals surface area contributed by atoms with Gasteiger partial charge in [0.1, 0.15) is 0 Å². The monoisotopic (exact) mass is 205 g/mol. The van der Waals surface area contributed by atoms with E-state index in [1.54, 1.807) is 0 Å². The first-order chi connectivity index (χ1) is 6.99. The third-order valence-corrected chi connectivity index (χ3v) is 2.83. The highest BCUT2D eigenvalue weighted by molar-refractivity contribution is 5.94. The van der Waals surface area contributed by atoms with Crippen LogP contribution in [-0.4, -0.2) is 5.91 Å². The van der Waals surface area contributed by atoms with E-state index < -0.39 is 0 Å². The SMILES string of the molecule is CCc1ccc(C(N)=O)c(C)c1C(C)C. The lowest BCUT2D eigenvalue weighted by Gasteiger charge is -2.17. The smallest absolute Gasteiger partial charge is 0.248 e. The second-order valence-electron chi connectivity index (χ2n) is 4.18. The first-order valence-electron chi connectivity index (χ1n) is 5.41. The van der Waals surface area contributed by atoms with Crippen LogP contribution in [0.1, 0.15) is 53.7 Å². The lowest BCUT2D eigenvalue weighted by atomic mass is 9.88. The molecule has 1 aromatic carbocycles. The van der Waals surface area contributed by atoms with E-state index in [1.807, 2.05) is 19.1 Å². The number of carbonyl (C=O) groups excluding carboxylic acids is 1. The number of carbonyl (C=O) groups is 1. The van der Waals surface area contributed by atoms with Crippen LogP contribution in [0.3, 0.4) is 0 Å². The summed E-state index contributed by atoms with van der Waals surface area (Å²) in [5.74, 6) is 0.0938. The molecule has 0 unspecified atom stereocenters. The van der Waals surface area contributed by atoms with E-state index in [4.69, 9.17) is 5.73 Å². The zero-order valence-electron chi connectivity index (χ0n) is 9.92. The molecule has 1 rings (SSSR count). The molecule has 2 N–H and O–H groups in total. The minimum Gasteiger partial charge on any atom is -0.366 e. The van der Waals surface area contributed by atoms with Gasteiger partial charge >= 0.3 is 0 Å². The highest BCUT2D eigenvalue weighted by Gasteiger charge is 2.14. The van der Waals surface area contributed by atoms with Crippen LogP contribution in [0.4, 0.5) is 0 Å². The Morgan fingerprint density at radius 3 is 2.40 bits per heavy atom. The van der Waals surface area contributed by atoms with E-state index in [1.165, 1.54) is 11.1 Å². The van der Waals surface area contributed by atoms with Crippen molar-refractivity contribution in [2.45, 2.75) is 40.0 Å². The molecule has 0 bridgehead atoms. The number of hydrogen-bond acceptors (Lipinski definition) is 1. The summed E-state index contributed by atoms with van der Waals surface area (Å²) in [6.45, 7) is 8.40. The fourth-order valence-corrected chi connectivity index (χ4v) is 2.16. The maximum absolute atomic E-state index is 11.2. The number of benzene rings is 1. The van der Waals surface area contributed by atoms with Gasteiger partial charge in [0.25, 0.3) is 0 Å². The van der Waals surface area contributed by atoms with E-state index in [2.05, 4.69) is 20.8 Å². The highest BCUT2D eigenvalue weighted by atomic mass is 16.1. The Balaban J connectivity index is 3.42. The van der Waals surface area contributed by atoms with Crippen molar-refractivity contribution in [1.29, 1.82) is 0 Å². The molecule has 0 atom stereocenters. The molecule has 1 aromatic rings. The van der Waals surface area contributed by atoms with Crippen LogP contribution in [0.15, 0.2) is 12.1 Å². The summed E-state index contributed by atoms with van der Waals surface area (Å²) in [5, 5.41) is 0. The molecule has 0 aromatic heterocycles. The predicted octanol–water partition coefficient (Wildman–Crippen LogP) is 2.78. The third kappa shape index (κ3) is 2.20. The summed E-state index contributed by atoms with van der Waals surface area (Å²) in [4.78, 5) is 11.2. The van der Waals surface area contributed by atoms with Gasteiger partial charge in [0.15, 0.2) is 0 Å². The first-order valence-corrected chi connectivity index (χ1v) is 5.41. The van der Waals surface area contributed by atoms with Crippen molar-refractivity contribution in [3.05, 3.63) is 34.4 Å². The Morgan fingerprint density at radius 1 is 1.40 bits per heavy atom. The van der Waals surface area contributed by atoms with Gasteiger partial charge in [-0.15, -0.1) is 0 Å². The van der Waals surface area contributed by atoms with Crippen molar-refractivity contribution in [2.75, 3.05) is 0 Å². The van der Waals surface area contributed by atoms with Gasteiger partial charge in [-0.05, 0) is 42.0 Å². The average molecular weight is 205 g/mol. The molecule has 0 radical (unpaired) electrons. The Bertz CT molecular complexity index is 380. The number of amides is 1. The van der Waals surface area contributed by atoms with Gasteiger partial charge in [0.05, 0.1) is 0 Å². The van der Waals surface area contributed by atoms with Crippen molar-refractivity contribution in [2.24, 2.45) is 5.73 Å². The van der Waals surface area contributed by atoms with E-state index in [-0.39, 0.29) is 5.91 Å². The molecule has 0 aliphatic carbocycles. The zero-order chi connectivity index (χ0) is 11.6. The van der Waals surface area contributed by atoms with Gasteiger partial charge in [0, 0.05) is 5.56 Å². The van der Waals surface area contributed by atoms with Crippen molar-refractivity contribution < 1.29 is 4.79 Å². The molecule has 15 heavy (non-hydrogen) atoms. The van der Waals surface area contributed by atoms with Gasteiger partial charge in [-0.1, -0.05) is 26.8 Å². The Kier molecular flexibility index (Phi) is 3.51. The topological polar surface area (TPSA) is 43.1 Å². The summed E-state index contributed by atoms with van der Waals surface area (Å²) >= 11 is 0. The lowest BCUT2D eigenvalue weighted by molar-refractivity contribution is 0.0999. The normalized spacial score (nSPS) is 10.7. The number of nitrogens with two attached hydrogens (primary N) is 1. The van der Waals surface area contributed by atoms with Crippen LogP contribution in [0.2, 0.25) is 0 Å². The number of hydrogen-bond donors (Lipinski definition) is 1. The van der Waals surface area contributed by atoms with Crippen LogP contribution < -0.4 is 5.73 Å². The second-order valence-corrected chi connectivity index (χ2v) is 4.18. The molecule has 0 aliphatic rings. The Hall–Kier alpha value is -1.31. The zero-order valence-corrected chi connectivity index (χ0v) is 9.92. The molecule has 0 aliphatic heterocycles. The first kappa shape index (κ1) is 11.8. The van der Waals surface area contributed by atoms with E-state index >= 15 is 0 Å². The summed E-state index contributed by atoms with van der Waals surface area (Å²) in [6, 6.07) is 3.85. The summed E-state index contributed by atoms with van der Waals surface area (Å²) in [6.07, 6.45) is 0.993. The molecule has 0 saturated carbocycles. The minimum atomic E-state index is -0.336. The van der Waals surface area contributed by atoms with Crippen LogP contribution in [0.25, 0.3) is 0 Å². The lowest BCUT2D eigenvalue weighted by Crippen LogP contribution is -2.15.